The van der Waals surface area contributed by atoms with Crippen molar-refractivity contribution in [2.75, 3.05) is 4.90 Å². The maximum atomic E-state index is 13.4. The highest BCUT2D eigenvalue weighted by Crippen LogP contribution is 2.39. The number of fused-ring (bicyclic) bond motifs is 1. The Kier molecular flexibility index (Phi) is 3.38. The SMILES string of the molecule is N#CC1=CN(c2ccc(F)c(F)c2)c2ccc(F)cc2S1(=O)=O. The van der Waals surface area contributed by atoms with Crippen LogP contribution in [0.15, 0.2) is 52.4 Å². The van der Waals surface area contributed by atoms with Crippen molar-refractivity contribution in [1.82, 2.24) is 0 Å². The van der Waals surface area contributed by atoms with Crippen molar-refractivity contribution in [3.05, 3.63) is 65.0 Å². The van der Waals surface area contributed by atoms with Crippen LogP contribution in [0, 0.1) is 28.8 Å². The largest absolute Gasteiger partial charge is 0.314 e. The molecule has 1 aliphatic rings. The molecule has 1 heterocycles. The van der Waals surface area contributed by atoms with Crippen LogP contribution in [0.25, 0.3) is 0 Å². The first kappa shape index (κ1) is 15.1. The molecule has 4 nitrogen and oxygen atoms in total. The highest BCUT2D eigenvalue weighted by Gasteiger charge is 2.32. The summed E-state index contributed by atoms with van der Waals surface area (Å²) in [7, 11) is -4.16. The van der Waals surface area contributed by atoms with Crippen LogP contribution in [0.3, 0.4) is 0 Å². The summed E-state index contributed by atoms with van der Waals surface area (Å²) in [6.07, 6.45) is 0.988. The highest BCUT2D eigenvalue weighted by molar-refractivity contribution is 7.95. The molecule has 0 unspecified atom stereocenters. The third kappa shape index (κ3) is 2.35. The zero-order valence-corrected chi connectivity index (χ0v) is 12.1. The number of benzene rings is 2. The Morgan fingerprint density at radius 2 is 1.74 bits per heavy atom. The number of sulfone groups is 1. The Bertz CT molecular complexity index is 994. The van der Waals surface area contributed by atoms with Crippen molar-refractivity contribution in [3.8, 4) is 6.07 Å². The molecule has 0 atom stereocenters. The van der Waals surface area contributed by atoms with Gasteiger partial charge >= 0.3 is 0 Å². The molecule has 0 spiro atoms. The molecule has 0 aliphatic carbocycles. The van der Waals surface area contributed by atoms with Gasteiger partial charge in [0.25, 0.3) is 0 Å². The van der Waals surface area contributed by atoms with Gasteiger partial charge in [-0.2, -0.15) is 5.26 Å². The van der Waals surface area contributed by atoms with Crippen LogP contribution in [0.1, 0.15) is 0 Å². The fourth-order valence-corrected chi connectivity index (χ4v) is 3.53. The molecule has 0 aromatic heterocycles. The molecule has 0 saturated heterocycles. The topological polar surface area (TPSA) is 61.2 Å². The summed E-state index contributed by atoms with van der Waals surface area (Å²) in [5.74, 6) is -2.99. The molecule has 116 valence electrons. The third-order valence-electron chi connectivity index (χ3n) is 3.30. The molecule has 0 bridgehead atoms. The first-order valence-electron chi connectivity index (χ1n) is 6.25. The van der Waals surface area contributed by atoms with Gasteiger partial charge in [0, 0.05) is 18.0 Å². The zero-order valence-electron chi connectivity index (χ0n) is 11.3. The van der Waals surface area contributed by atoms with Crippen molar-refractivity contribution in [2.24, 2.45) is 0 Å². The summed E-state index contributed by atoms with van der Waals surface area (Å²) in [5, 5.41) is 9.03. The van der Waals surface area contributed by atoms with Crippen LogP contribution in [0.4, 0.5) is 24.5 Å². The molecular formula is C15H7F3N2O2S. The second-order valence-electron chi connectivity index (χ2n) is 4.69. The standard InChI is InChI=1S/C15H7F3N2O2S/c16-9-1-4-14-15(5-9)23(21,22)11(7-19)8-20(14)10-2-3-12(17)13(18)6-10/h1-6,8H. The number of allylic oxidation sites excluding steroid dienone is 1. The maximum Gasteiger partial charge on any atom is 0.220 e. The molecule has 0 saturated carbocycles. The highest BCUT2D eigenvalue weighted by atomic mass is 32.2. The van der Waals surface area contributed by atoms with Gasteiger partial charge in [-0.15, -0.1) is 0 Å². The van der Waals surface area contributed by atoms with E-state index in [9.17, 15) is 21.6 Å². The van der Waals surface area contributed by atoms with Gasteiger partial charge in [-0.25, -0.2) is 21.6 Å². The lowest BCUT2D eigenvalue weighted by molar-refractivity contribution is 0.509. The minimum Gasteiger partial charge on any atom is -0.314 e. The second-order valence-corrected chi connectivity index (χ2v) is 6.58. The Hall–Kier alpha value is -2.79. The van der Waals surface area contributed by atoms with Gasteiger partial charge < -0.3 is 4.90 Å². The van der Waals surface area contributed by atoms with Crippen molar-refractivity contribution >= 4 is 21.2 Å². The molecule has 2 aromatic carbocycles. The molecule has 0 fully saturated rings. The first-order valence-corrected chi connectivity index (χ1v) is 7.74. The Morgan fingerprint density at radius 3 is 2.39 bits per heavy atom. The van der Waals surface area contributed by atoms with Gasteiger partial charge in [-0.3, -0.25) is 0 Å². The van der Waals surface area contributed by atoms with Gasteiger partial charge in [0.15, 0.2) is 16.5 Å². The lowest BCUT2D eigenvalue weighted by atomic mass is 10.2. The molecule has 23 heavy (non-hydrogen) atoms. The summed E-state index contributed by atoms with van der Waals surface area (Å²) in [5.41, 5.74) is 0.135. The monoisotopic (exact) mass is 336 g/mol. The van der Waals surface area contributed by atoms with Gasteiger partial charge in [-0.05, 0) is 30.3 Å². The van der Waals surface area contributed by atoms with Gasteiger partial charge in [-0.1, -0.05) is 0 Å². The second kappa shape index (κ2) is 5.14. The van der Waals surface area contributed by atoms with Crippen molar-refractivity contribution in [2.45, 2.75) is 4.90 Å². The van der Waals surface area contributed by atoms with E-state index in [2.05, 4.69) is 0 Å². The molecule has 0 N–H and O–H groups in total. The summed E-state index contributed by atoms with van der Waals surface area (Å²) in [6, 6.07) is 7.47. The predicted molar refractivity (Wildman–Crippen MR) is 75.8 cm³/mol. The molecule has 1 aliphatic heterocycles. The molecular weight excluding hydrogens is 329 g/mol. The van der Waals surface area contributed by atoms with Crippen LogP contribution >= 0.6 is 0 Å². The fourth-order valence-electron chi connectivity index (χ4n) is 2.21. The minimum absolute atomic E-state index is 0.0383. The molecule has 0 amide bonds. The van der Waals surface area contributed by atoms with Crippen LogP contribution < -0.4 is 4.90 Å². The number of nitriles is 1. The van der Waals surface area contributed by atoms with Crippen LogP contribution in [0.2, 0.25) is 0 Å². The van der Waals surface area contributed by atoms with E-state index in [0.717, 1.165) is 30.5 Å². The van der Waals surface area contributed by atoms with Gasteiger partial charge in [0.1, 0.15) is 11.9 Å². The minimum atomic E-state index is -4.16. The van der Waals surface area contributed by atoms with E-state index in [-0.39, 0.29) is 11.4 Å². The van der Waals surface area contributed by atoms with E-state index in [1.54, 1.807) is 0 Å². The van der Waals surface area contributed by atoms with Crippen LogP contribution in [0.5, 0.6) is 0 Å². The number of nitrogens with zero attached hydrogens (tertiary/aromatic N) is 2. The van der Waals surface area contributed by atoms with E-state index in [4.69, 9.17) is 5.26 Å². The molecule has 0 radical (unpaired) electrons. The fraction of sp³-hybridized carbons (Fsp3) is 0. The summed E-state index contributed by atoms with van der Waals surface area (Å²) >= 11 is 0. The summed E-state index contributed by atoms with van der Waals surface area (Å²) in [6.45, 7) is 0. The van der Waals surface area contributed by atoms with Crippen molar-refractivity contribution < 1.29 is 21.6 Å². The predicted octanol–water partition coefficient (Wildman–Crippen LogP) is 3.39. The smallest absolute Gasteiger partial charge is 0.220 e. The van der Waals surface area contributed by atoms with E-state index >= 15 is 0 Å². The summed E-state index contributed by atoms with van der Waals surface area (Å²) < 4.78 is 64.5. The number of rotatable bonds is 1. The third-order valence-corrected chi connectivity index (χ3v) is 4.98. The average Bonchev–Trinajstić information content (AvgIpc) is 2.51. The quantitative estimate of drug-likeness (QED) is 0.801. The average molecular weight is 336 g/mol. The van der Waals surface area contributed by atoms with E-state index in [1.165, 1.54) is 23.1 Å². The van der Waals surface area contributed by atoms with Crippen molar-refractivity contribution in [1.29, 1.82) is 5.26 Å². The van der Waals surface area contributed by atoms with Crippen LogP contribution in [-0.4, -0.2) is 8.42 Å². The number of halogens is 3. The Balaban J connectivity index is 2.30. The Morgan fingerprint density at radius 1 is 1.00 bits per heavy atom. The zero-order chi connectivity index (χ0) is 16.8. The number of hydrogen-bond donors (Lipinski definition) is 0. The molecule has 3 rings (SSSR count). The van der Waals surface area contributed by atoms with Gasteiger partial charge in [0.05, 0.1) is 10.6 Å². The lowest BCUT2D eigenvalue weighted by Gasteiger charge is -2.27. The van der Waals surface area contributed by atoms with E-state index in [0.29, 0.717) is 0 Å². The lowest BCUT2D eigenvalue weighted by Crippen LogP contribution is -2.21. The number of anilines is 2. The van der Waals surface area contributed by atoms with Crippen LogP contribution in [-0.2, 0) is 9.84 Å². The van der Waals surface area contributed by atoms with Gasteiger partial charge in [0.2, 0.25) is 9.84 Å². The summed E-state index contributed by atoms with van der Waals surface area (Å²) in [4.78, 5) is 0.151. The molecule has 2 aromatic rings. The van der Waals surface area contributed by atoms with E-state index in [1.807, 2.05) is 0 Å². The van der Waals surface area contributed by atoms with E-state index < -0.39 is 37.1 Å². The van der Waals surface area contributed by atoms with Crippen molar-refractivity contribution in [3.63, 3.8) is 0 Å². The number of hydrogen-bond acceptors (Lipinski definition) is 4. The first-order chi connectivity index (χ1) is 10.8. The Labute approximate surface area is 129 Å². The maximum absolute atomic E-state index is 13.4. The molecule has 8 heteroatoms. The normalized spacial score (nSPS) is 15.6.